The molecule has 4 aromatic rings. The summed E-state index contributed by atoms with van der Waals surface area (Å²) in [7, 11) is -3.20. The summed E-state index contributed by atoms with van der Waals surface area (Å²) in [6.07, 6.45) is 12.9. The molecule has 0 bridgehead atoms. The molecule has 0 amide bonds. The lowest BCUT2D eigenvalue weighted by molar-refractivity contribution is -0.0852. The summed E-state index contributed by atoms with van der Waals surface area (Å²) in [4.78, 5) is 15.7. The fraction of sp³-hybridized carbons (Fsp3) is 0.559. The van der Waals surface area contributed by atoms with Gasteiger partial charge in [0.2, 0.25) is 5.95 Å². The van der Waals surface area contributed by atoms with Crippen molar-refractivity contribution in [3.63, 3.8) is 0 Å². The average Bonchev–Trinajstić information content (AvgIpc) is 3.76. The minimum atomic E-state index is -3.20. The maximum atomic E-state index is 12.2. The highest BCUT2D eigenvalue weighted by atomic mass is 35.5. The number of halogens is 1. The first-order valence-electron chi connectivity index (χ1n) is 17.2. The van der Waals surface area contributed by atoms with Gasteiger partial charge in [-0.1, -0.05) is 24.6 Å². The quantitative estimate of drug-likeness (QED) is 0.182. The molecule has 1 saturated heterocycles. The Balaban J connectivity index is 1.13. The standard InChI is InChI=1S/C34H46ClN9O5S/c1-5-50(45,46)13-12-47-33-31(20-44(41-33)29-9-7-28(8-10-29)42-17-23(2)48-24(3)18-42)40-34-37-15-27(16-38-34)26-6-11-30(35)32(14-26)49-25(4)19-43-22-36-21-39-43/h6,11,14-16,20-25,28-29H,5,7-10,12-13,17-19H2,1-4H3,(H,37,38,40)/t23-,24+,25?,28?,29?. The highest BCUT2D eigenvalue weighted by Gasteiger charge is 2.32. The second-order valence-electron chi connectivity index (χ2n) is 13.2. The fourth-order valence-corrected chi connectivity index (χ4v) is 7.44. The summed E-state index contributed by atoms with van der Waals surface area (Å²) in [5, 5.41) is 12.7. The van der Waals surface area contributed by atoms with Crippen molar-refractivity contribution >= 4 is 33.1 Å². The van der Waals surface area contributed by atoms with Crippen LogP contribution in [0.5, 0.6) is 11.6 Å². The molecule has 6 rings (SSSR count). The van der Waals surface area contributed by atoms with Crippen molar-refractivity contribution in [2.75, 3.05) is 36.5 Å². The smallest absolute Gasteiger partial charge is 0.256 e. The second kappa shape index (κ2) is 16.0. The lowest BCUT2D eigenvalue weighted by Gasteiger charge is -2.42. The van der Waals surface area contributed by atoms with Crippen LogP contribution in [0, 0.1) is 0 Å². The Hall–Kier alpha value is -3.79. The average molecular weight is 728 g/mol. The first-order chi connectivity index (χ1) is 24.0. The van der Waals surface area contributed by atoms with Crippen LogP contribution in [0.3, 0.4) is 0 Å². The zero-order valence-electron chi connectivity index (χ0n) is 29.0. The predicted octanol–water partition coefficient (Wildman–Crippen LogP) is 5.20. The molecule has 3 aromatic heterocycles. The molecular weight excluding hydrogens is 682 g/mol. The van der Waals surface area contributed by atoms with Crippen LogP contribution in [0.2, 0.25) is 5.02 Å². The van der Waals surface area contributed by atoms with Crippen LogP contribution in [-0.2, 0) is 21.1 Å². The third kappa shape index (κ3) is 9.30. The molecule has 14 nitrogen and oxygen atoms in total. The van der Waals surface area contributed by atoms with E-state index in [-0.39, 0.29) is 42.5 Å². The molecule has 2 fully saturated rings. The Morgan fingerprint density at radius 1 is 1.06 bits per heavy atom. The van der Waals surface area contributed by atoms with E-state index in [1.165, 1.54) is 6.33 Å². The Morgan fingerprint density at radius 2 is 1.78 bits per heavy atom. The molecule has 50 heavy (non-hydrogen) atoms. The van der Waals surface area contributed by atoms with Gasteiger partial charge in [-0.05, 0) is 64.2 Å². The fourth-order valence-electron chi connectivity index (χ4n) is 6.65. The minimum absolute atomic E-state index is 0.000222. The second-order valence-corrected chi connectivity index (χ2v) is 16.1. The summed E-state index contributed by atoms with van der Waals surface area (Å²) in [5.74, 6) is 1.19. The zero-order valence-corrected chi connectivity index (χ0v) is 30.6. The molecule has 1 unspecified atom stereocenters. The van der Waals surface area contributed by atoms with Gasteiger partial charge in [0.25, 0.3) is 5.88 Å². The van der Waals surface area contributed by atoms with E-state index >= 15 is 0 Å². The number of hydrogen-bond acceptors (Lipinski definition) is 12. The van der Waals surface area contributed by atoms with Crippen molar-refractivity contribution in [2.24, 2.45) is 0 Å². The summed E-state index contributed by atoms with van der Waals surface area (Å²) in [6.45, 7) is 10.3. The van der Waals surface area contributed by atoms with Crippen molar-refractivity contribution in [3.8, 4) is 22.8 Å². The molecule has 3 atom stereocenters. The third-order valence-electron chi connectivity index (χ3n) is 9.18. The number of nitrogens with one attached hydrogen (secondary N) is 1. The number of sulfone groups is 1. The van der Waals surface area contributed by atoms with Gasteiger partial charge in [-0.3, -0.25) is 9.58 Å². The largest absolute Gasteiger partial charge is 0.487 e. The van der Waals surface area contributed by atoms with Gasteiger partial charge in [0, 0.05) is 42.8 Å². The molecule has 270 valence electrons. The number of ether oxygens (including phenoxy) is 3. The number of benzene rings is 1. The van der Waals surface area contributed by atoms with Crippen LogP contribution in [0.25, 0.3) is 11.1 Å². The van der Waals surface area contributed by atoms with Crippen molar-refractivity contribution < 1.29 is 22.6 Å². The van der Waals surface area contributed by atoms with Crippen LogP contribution in [0.1, 0.15) is 59.4 Å². The number of morpholine rings is 1. The zero-order chi connectivity index (χ0) is 35.3. The number of nitrogens with zero attached hydrogens (tertiary/aromatic N) is 8. The van der Waals surface area contributed by atoms with Crippen molar-refractivity contribution in [1.29, 1.82) is 0 Å². The lowest BCUT2D eigenvalue weighted by atomic mass is 9.89. The topological polar surface area (TPSA) is 151 Å². The highest BCUT2D eigenvalue weighted by Crippen LogP contribution is 2.36. The molecular formula is C34H46ClN9O5S. The summed E-state index contributed by atoms with van der Waals surface area (Å²) >= 11 is 6.46. The Kier molecular flexibility index (Phi) is 11.6. The predicted molar refractivity (Wildman–Crippen MR) is 191 cm³/mol. The normalized spacial score (nSPS) is 22.3. The van der Waals surface area contributed by atoms with E-state index < -0.39 is 9.84 Å². The first-order valence-corrected chi connectivity index (χ1v) is 19.4. The van der Waals surface area contributed by atoms with E-state index in [0.717, 1.165) is 49.9 Å². The Morgan fingerprint density at radius 3 is 2.46 bits per heavy atom. The van der Waals surface area contributed by atoms with Gasteiger partial charge in [0.1, 0.15) is 36.8 Å². The number of rotatable bonds is 14. The Labute approximate surface area is 298 Å². The van der Waals surface area contributed by atoms with Gasteiger partial charge in [-0.15, -0.1) is 5.10 Å². The van der Waals surface area contributed by atoms with Gasteiger partial charge in [0.15, 0.2) is 9.84 Å². The lowest BCUT2D eigenvalue weighted by Crippen LogP contribution is -2.51. The number of anilines is 2. The van der Waals surface area contributed by atoms with Crippen molar-refractivity contribution in [3.05, 3.63) is 54.5 Å². The van der Waals surface area contributed by atoms with E-state index in [0.29, 0.717) is 40.9 Å². The maximum absolute atomic E-state index is 12.2. The third-order valence-corrected chi connectivity index (χ3v) is 11.2. The molecule has 0 spiro atoms. The maximum Gasteiger partial charge on any atom is 0.256 e. The Bertz CT molecular complexity index is 1790. The van der Waals surface area contributed by atoms with Crippen LogP contribution in [0.4, 0.5) is 11.6 Å². The summed E-state index contributed by atoms with van der Waals surface area (Å²) < 4.78 is 46.0. The van der Waals surface area contributed by atoms with Gasteiger partial charge in [-0.2, -0.15) is 5.10 Å². The van der Waals surface area contributed by atoms with Crippen LogP contribution >= 0.6 is 11.6 Å². The number of hydrogen-bond donors (Lipinski definition) is 1. The van der Waals surface area contributed by atoms with E-state index in [2.05, 4.69) is 44.1 Å². The summed E-state index contributed by atoms with van der Waals surface area (Å²) in [5.41, 5.74) is 2.20. The van der Waals surface area contributed by atoms with Gasteiger partial charge in [0.05, 0.1) is 41.8 Å². The van der Waals surface area contributed by atoms with Gasteiger partial charge >= 0.3 is 0 Å². The highest BCUT2D eigenvalue weighted by molar-refractivity contribution is 7.91. The number of aromatic nitrogens is 7. The molecule has 2 aliphatic rings. The van der Waals surface area contributed by atoms with E-state index in [1.54, 1.807) is 36.4 Å². The van der Waals surface area contributed by atoms with Gasteiger partial charge in [-0.25, -0.2) is 28.1 Å². The molecule has 1 aliphatic heterocycles. The SMILES string of the molecule is CCS(=O)(=O)CCOc1nn(C2CCC(N3C[C@@H](C)O[C@@H](C)C3)CC2)cc1Nc1ncc(-c2ccc(Cl)c(OC(C)Cn3cncn3)c2)cn1. The molecule has 1 N–H and O–H groups in total. The monoisotopic (exact) mass is 727 g/mol. The molecule has 4 heterocycles. The van der Waals surface area contributed by atoms with Crippen LogP contribution in [-0.4, -0.2) is 103 Å². The molecule has 0 radical (unpaired) electrons. The molecule has 1 saturated carbocycles. The van der Waals surface area contributed by atoms with Crippen molar-refractivity contribution in [1.82, 2.24) is 39.4 Å². The van der Waals surface area contributed by atoms with E-state index in [4.69, 9.17) is 30.9 Å². The molecule has 1 aromatic carbocycles. The summed E-state index contributed by atoms with van der Waals surface area (Å²) in [6, 6.07) is 6.26. The minimum Gasteiger partial charge on any atom is -0.487 e. The van der Waals surface area contributed by atoms with Crippen LogP contribution in [0.15, 0.2) is 49.4 Å². The van der Waals surface area contributed by atoms with Crippen molar-refractivity contribution in [2.45, 2.75) is 90.3 Å². The van der Waals surface area contributed by atoms with E-state index in [9.17, 15) is 8.42 Å². The first kappa shape index (κ1) is 36.0. The van der Waals surface area contributed by atoms with Crippen LogP contribution < -0.4 is 14.8 Å². The molecule has 16 heteroatoms. The van der Waals surface area contributed by atoms with E-state index in [1.807, 2.05) is 29.9 Å². The molecule has 1 aliphatic carbocycles. The van der Waals surface area contributed by atoms with Gasteiger partial charge < -0.3 is 19.5 Å².